The van der Waals surface area contributed by atoms with Crippen molar-refractivity contribution >= 4 is 41.7 Å². The highest BCUT2D eigenvalue weighted by molar-refractivity contribution is 14.0. The lowest BCUT2D eigenvalue weighted by Gasteiger charge is -2.16. The topological polar surface area (TPSA) is 65.9 Å². The van der Waals surface area contributed by atoms with Gasteiger partial charge in [0.25, 0.3) is 0 Å². The molecule has 24 heavy (non-hydrogen) atoms. The minimum Gasteiger partial charge on any atom is -0.497 e. The second-order valence-corrected chi connectivity index (χ2v) is 6.94. The Morgan fingerprint density at radius 2 is 2.29 bits per heavy atom. The Labute approximate surface area is 166 Å². The van der Waals surface area contributed by atoms with Crippen LogP contribution in [-0.2, 0) is 0 Å². The van der Waals surface area contributed by atoms with Crippen LogP contribution in [0.2, 0.25) is 0 Å². The zero-order chi connectivity index (χ0) is 16.5. The van der Waals surface area contributed by atoms with Crippen molar-refractivity contribution in [2.75, 3.05) is 32.5 Å². The maximum absolute atomic E-state index is 10.3. The number of ether oxygens (including phenoxy) is 1. The van der Waals surface area contributed by atoms with E-state index in [9.17, 15) is 5.11 Å². The molecule has 0 bridgehead atoms. The largest absolute Gasteiger partial charge is 0.497 e. The van der Waals surface area contributed by atoms with Gasteiger partial charge in [-0.1, -0.05) is 12.1 Å². The summed E-state index contributed by atoms with van der Waals surface area (Å²) in [6.45, 7) is 4.09. The number of rotatable bonds is 7. The molecule has 5 nitrogen and oxygen atoms in total. The second-order valence-electron chi connectivity index (χ2n) is 5.53. The monoisotopic (exact) mass is 465 g/mol. The van der Waals surface area contributed by atoms with Crippen molar-refractivity contribution in [1.29, 1.82) is 0 Å². The third-order valence-electron chi connectivity index (χ3n) is 3.77. The summed E-state index contributed by atoms with van der Waals surface area (Å²) in [7, 11) is 1.62. The molecular formula is C17H28IN3O2S. The minimum atomic E-state index is -0.638. The van der Waals surface area contributed by atoms with Crippen molar-refractivity contribution in [3.05, 3.63) is 29.8 Å². The molecule has 2 unspecified atom stereocenters. The number of nitrogens with one attached hydrogen (secondary N) is 2. The number of guanidine groups is 1. The number of aliphatic hydroxyl groups excluding tert-OH is 1. The quantitative estimate of drug-likeness (QED) is 0.329. The second kappa shape index (κ2) is 11.8. The van der Waals surface area contributed by atoms with E-state index < -0.39 is 6.10 Å². The average Bonchev–Trinajstić information content (AvgIpc) is 3.10. The van der Waals surface area contributed by atoms with Gasteiger partial charge in [0, 0.05) is 18.3 Å². The Morgan fingerprint density at radius 1 is 1.46 bits per heavy atom. The molecule has 136 valence electrons. The van der Waals surface area contributed by atoms with Gasteiger partial charge in [-0.05, 0) is 43.2 Å². The van der Waals surface area contributed by atoms with Crippen molar-refractivity contribution in [1.82, 2.24) is 10.6 Å². The van der Waals surface area contributed by atoms with Gasteiger partial charge in [-0.2, -0.15) is 11.8 Å². The molecule has 0 amide bonds. The van der Waals surface area contributed by atoms with Crippen LogP contribution in [0.4, 0.5) is 0 Å². The van der Waals surface area contributed by atoms with E-state index in [1.807, 2.05) is 43.0 Å². The van der Waals surface area contributed by atoms with Gasteiger partial charge >= 0.3 is 0 Å². The van der Waals surface area contributed by atoms with Crippen molar-refractivity contribution in [2.24, 2.45) is 4.99 Å². The third-order valence-corrected chi connectivity index (χ3v) is 5.16. The number of halogens is 1. The number of thioether (sulfide) groups is 1. The molecule has 1 aromatic carbocycles. The molecule has 1 saturated heterocycles. The van der Waals surface area contributed by atoms with Crippen molar-refractivity contribution in [2.45, 2.75) is 31.1 Å². The van der Waals surface area contributed by atoms with E-state index >= 15 is 0 Å². The summed E-state index contributed by atoms with van der Waals surface area (Å²) in [6.07, 6.45) is 1.93. The van der Waals surface area contributed by atoms with Crippen LogP contribution in [0.15, 0.2) is 29.3 Å². The summed E-state index contributed by atoms with van der Waals surface area (Å²) < 4.78 is 5.19. The van der Waals surface area contributed by atoms with Crippen LogP contribution in [0.3, 0.4) is 0 Å². The minimum absolute atomic E-state index is 0. The van der Waals surface area contributed by atoms with Gasteiger partial charge in [-0.3, -0.25) is 4.99 Å². The van der Waals surface area contributed by atoms with E-state index in [0.29, 0.717) is 11.8 Å². The van der Waals surface area contributed by atoms with Crippen LogP contribution in [0.5, 0.6) is 5.75 Å². The molecule has 1 heterocycles. The normalized spacial score (nSPS) is 18.6. The number of aliphatic imine (C=N–C) groups is 1. The Bertz CT molecular complexity index is 510. The average molecular weight is 465 g/mol. The molecule has 0 radical (unpaired) electrons. The number of aliphatic hydroxyl groups is 1. The molecule has 1 aliphatic rings. The lowest BCUT2D eigenvalue weighted by atomic mass is 10.1. The molecule has 7 heteroatoms. The van der Waals surface area contributed by atoms with E-state index in [0.717, 1.165) is 30.4 Å². The summed E-state index contributed by atoms with van der Waals surface area (Å²) in [5, 5.41) is 17.6. The van der Waals surface area contributed by atoms with E-state index in [4.69, 9.17) is 4.74 Å². The smallest absolute Gasteiger partial charge is 0.191 e. The molecule has 0 aliphatic carbocycles. The number of nitrogens with zero attached hydrogens (tertiary/aromatic N) is 1. The first kappa shape index (κ1) is 21.4. The van der Waals surface area contributed by atoms with E-state index in [-0.39, 0.29) is 24.0 Å². The fraction of sp³-hybridized carbons (Fsp3) is 0.588. The highest BCUT2D eigenvalue weighted by Gasteiger charge is 2.15. The van der Waals surface area contributed by atoms with E-state index in [1.165, 1.54) is 18.6 Å². The highest BCUT2D eigenvalue weighted by Crippen LogP contribution is 2.25. The molecule has 3 N–H and O–H groups in total. The fourth-order valence-corrected chi connectivity index (χ4v) is 3.69. The van der Waals surface area contributed by atoms with Crippen molar-refractivity contribution in [3.63, 3.8) is 0 Å². The SMILES string of the molecule is CCNC(=NCC(O)c1cccc(OC)c1)NCC1CCCS1.I. The first-order valence-corrected chi connectivity index (χ1v) is 9.23. The Hall–Kier alpha value is -0.670. The Morgan fingerprint density at radius 3 is 2.96 bits per heavy atom. The summed E-state index contributed by atoms with van der Waals surface area (Å²) in [4.78, 5) is 4.50. The molecule has 1 aliphatic heterocycles. The van der Waals surface area contributed by atoms with Crippen LogP contribution < -0.4 is 15.4 Å². The van der Waals surface area contributed by atoms with E-state index in [2.05, 4.69) is 15.6 Å². The molecule has 0 aromatic heterocycles. The highest BCUT2D eigenvalue weighted by atomic mass is 127. The summed E-state index contributed by atoms with van der Waals surface area (Å²) in [5.74, 6) is 2.77. The summed E-state index contributed by atoms with van der Waals surface area (Å²) in [5.41, 5.74) is 0.815. The maximum atomic E-state index is 10.3. The third kappa shape index (κ3) is 7.06. The predicted molar refractivity (Wildman–Crippen MR) is 113 cm³/mol. The number of hydrogen-bond acceptors (Lipinski definition) is 4. The maximum Gasteiger partial charge on any atom is 0.191 e. The van der Waals surface area contributed by atoms with Crippen molar-refractivity contribution < 1.29 is 9.84 Å². The molecule has 1 fully saturated rings. The zero-order valence-corrected chi connectivity index (χ0v) is 17.5. The van der Waals surface area contributed by atoms with Gasteiger partial charge in [0.15, 0.2) is 5.96 Å². The zero-order valence-electron chi connectivity index (χ0n) is 14.3. The molecule has 0 saturated carbocycles. The van der Waals surface area contributed by atoms with E-state index in [1.54, 1.807) is 7.11 Å². The molecule has 0 spiro atoms. The van der Waals surface area contributed by atoms with Crippen LogP contribution in [-0.4, -0.2) is 48.8 Å². The first-order chi connectivity index (χ1) is 11.2. The number of benzene rings is 1. The number of hydrogen-bond donors (Lipinski definition) is 3. The lowest BCUT2D eigenvalue weighted by molar-refractivity contribution is 0.186. The predicted octanol–water partition coefficient (Wildman–Crippen LogP) is 2.80. The van der Waals surface area contributed by atoms with Crippen LogP contribution in [0, 0.1) is 0 Å². The molecular weight excluding hydrogens is 437 g/mol. The fourth-order valence-electron chi connectivity index (χ4n) is 2.49. The van der Waals surface area contributed by atoms with Gasteiger partial charge in [-0.25, -0.2) is 0 Å². The van der Waals surface area contributed by atoms with Crippen LogP contribution in [0.1, 0.15) is 31.4 Å². The van der Waals surface area contributed by atoms with Gasteiger partial charge in [0.1, 0.15) is 5.75 Å². The van der Waals surface area contributed by atoms with Gasteiger partial charge in [0.2, 0.25) is 0 Å². The molecule has 2 rings (SSSR count). The van der Waals surface area contributed by atoms with Crippen LogP contribution >= 0.6 is 35.7 Å². The molecule has 2 atom stereocenters. The number of methoxy groups -OCH3 is 1. The van der Waals surface area contributed by atoms with Gasteiger partial charge in [-0.15, -0.1) is 24.0 Å². The van der Waals surface area contributed by atoms with Gasteiger partial charge < -0.3 is 20.5 Å². The summed E-state index contributed by atoms with van der Waals surface area (Å²) in [6, 6.07) is 7.47. The lowest BCUT2D eigenvalue weighted by Crippen LogP contribution is -2.40. The first-order valence-electron chi connectivity index (χ1n) is 8.18. The van der Waals surface area contributed by atoms with Gasteiger partial charge in [0.05, 0.1) is 19.8 Å². The molecule has 1 aromatic rings. The van der Waals surface area contributed by atoms with Crippen molar-refractivity contribution in [3.8, 4) is 5.75 Å². The Balaban J connectivity index is 0.00000288. The summed E-state index contributed by atoms with van der Waals surface area (Å²) >= 11 is 2.02. The Kier molecular flexibility index (Phi) is 10.5. The van der Waals surface area contributed by atoms with Crippen LogP contribution in [0.25, 0.3) is 0 Å². The standard InChI is InChI=1S/C17H27N3O2S.HI/c1-3-18-17(19-11-15-8-5-9-23-15)20-12-16(21)13-6-4-7-14(10-13)22-2;/h4,6-7,10,15-16,21H,3,5,8-9,11-12H2,1-2H3,(H2,18,19,20);1H.